The SMILES string of the molecule is CCCCC/C=C\C/C=C\CCCCCCCCCC1(CCCCCCCC/C=C\C/C=C\CCCCC)O[C@H]2CC(N(C)C)C[C@H]2O1. The molecule has 0 N–H and O–H groups in total. The Balaban J connectivity index is 1.54. The minimum Gasteiger partial charge on any atom is -0.344 e. The normalized spacial score (nSPS) is 23.0. The molecule has 0 aromatic heterocycles. The van der Waals surface area contributed by atoms with Gasteiger partial charge in [-0.3, -0.25) is 0 Å². The summed E-state index contributed by atoms with van der Waals surface area (Å²) in [7, 11) is 4.41. The number of hydrogen-bond acceptors (Lipinski definition) is 3. The Labute approximate surface area is 300 Å². The first-order chi connectivity index (χ1) is 23.6. The van der Waals surface area contributed by atoms with Gasteiger partial charge >= 0.3 is 0 Å². The number of fused-ring (bicyclic) bond motifs is 1. The Kier molecular flexibility index (Phi) is 26.5. The van der Waals surface area contributed by atoms with Crippen molar-refractivity contribution in [1.82, 2.24) is 4.90 Å². The summed E-state index contributed by atoms with van der Waals surface area (Å²) >= 11 is 0. The standard InChI is InChI=1S/C45H81NO2/c1-5-7-9-11-13-15-17-19-21-23-25-27-29-31-33-35-37-39-45(47-43-40-42(46(3)4)41-44(43)48-45)38-36-34-32-30-28-26-24-22-20-18-16-14-12-10-8-6-2/h13-16,19-22,42-44H,5-12,17-18,23-41H2,1-4H3/b15-13-,16-14-,21-19-,22-20-/t42?,43-,44+,45?. The molecule has 0 amide bonds. The lowest BCUT2D eigenvalue weighted by molar-refractivity contribution is -0.193. The van der Waals surface area contributed by atoms with Crippen molar-refractivity contribution in [2.75, 3.05) is 14.1 Å². The molecule has 0 spiro atoms. The van der Waals surface area contributed by atoms with Crippen LogP contribution in [0.1, 0.15) is 200 Å². The second-order valence-electron chi connectivity index (χ2n) is 15.3. The second-order valence-corrected chi connectivity index (χ2v) is 15.3. The first-order valence-electron chi connectivity index (χ1n) is 21.2. The van der Waals surface area contributed by atoms with Gasteiger partial charge in [-0.2, -0.15) is 0 Å². The molecule has 48 heavy (non-hydrogen) atoms. The van der Waals surface area contributed by atoms with Gasteiger partial charge in [0.25, 0.3) is 0 Å². The van der Waals surface area contributed by atoms with Crippen LogP contribution in [0.2, 0.25) is 0 Å². The van der Waals surface area contributed by atoms with E-state index in [9.17, 15) is 0 Å². The zero-order chi connectivity index (χ0) is 34.4. The van der Waals surface area contributed by atoms with Crippen LogP contribution >= 0.6 is 0 Å². The smallest absolute Gasteiger partial charge is 0.169 e. The van der Waals surface area contributed by atoms with Crippen molar-refractivity contribution in [1.29, 1.82) is 0 Å². The number of hydrogen-bond donors (Lipinski definition) is 0. The maximum Gasteiger partial charge on any atom is 0.169 e. The van der Waals surface area contributed by atoms with Crippen molar-refractivity contribution >= 4 is 0 Å². The molecule has 1 saturated heterocycles. The highest BCUT2D eigenvalue weighted by molar-refractivity contribution is 4.97. The molecule has 3 nitrogen and oxygen atoms in total. The number of nitrogens with zero attached hydrogens (tertiary/aromatic N) is 1. The fourth-order valence-electron chi connectivity index (χ4n) is 7.49. The van der Waals surface area contributed by atoms with Crippen molar-refractivity contribution in [3.8, 4) is 0 Å². The van der Waals surface area contributed by atoms with Crippen LogP contribution in [0, 0.1) is 0 Å². The van der Waals surface area contributed by atoms with Gasteiger partial charge in [0.2, 0.25) is 0 Å². The molecule has 2 aliphatic rings. The first kappa shape index (κ1) is 43.0. The molecule has 1 aliphatic carbocycles. The number of allylic oxidation sites excluding steroid dienone is 8. The summed E-state index contributed by atoms with van der Waals surface area (Å²) < 4.78 is 13.7. The zero-order valence-corrected chi connectivity index (χ0v) is 32.6. The van der Waals surface area contributed by atoms with E-state index in [-0.39, 0.29) is 5.79 Å². The van der Waals surface area contributed by atoms with E-state index in [0.717, 1.165) is 38.5 Å². The third-order valence-electron chi connectivity index (χ3n) is 10.7. The van der Waals surface area contributed by atoms with E-state index in [2.05, 4.69) is 81.5 Å². The predicted molar refractivity (Wildman–Crippen MR) is 212 cm³/mol. The van der Waals surface area contributed by atoms with E-state index in [1.54, 1.807) is 0 Å². The van der Waals surface area contributed by atoms with Gasteiger partial charge in [-0.05, 0) is 104 Å². The second kappa shape index (κ2) is 29.6. The van der Waals surface area contributed by atoms with Crippen molar-refractivity contribution in [2.24, 2.45) is 0 Å². The Morgan fingerprint density at radius 1 is 0.458 bits per heavy atom. The highest BCUT2D eigenvalue weighted by Crippen LogP contribution is 2.44. The minimum atomic E-state index is -0.307. The van der Waals surface area contributed by atoms with Crippen LogP contribution in [0.3, 0.4) is 0 Å². The van der Waals surface area contributed by atoms with E-state index < -0.39 is 0 Å². The van der Waals surface area contributed by atoms with Gasteiger partial charge in [0.1, 0.15) is 0 Å². The molecule has 0 radical (unpaired) electrons. The Morgan fingerprint density at radius 3 is 1.15 bits per heavy atom. The molecule has 0 aromatic rings. The molecule has 1 saturated carbocycles. The van der Waals surface area contributed by atoms with Gasteiger partial charge in [-0.25, -0.2) is 0 Å². The van der Waals surface area contributed by atoms with Crippen LogP contribution in [0.5, 0.6) is 0 Å². The lowest BCUT2D eigenvalue weighted by Gasteiger charge is -2.31. The quantitative estimate of drug-likeness (QED) is 0.0526. The summed E-state index contributed by atoms with van der Waals surface area (Å²) in [5.74, 6) is -0.307. The highest BCUT2D eigenvalue weighted by Gasteiger charge is 2.51. The van der Waals surface area contributed by atoms with E-state index in [0.29, 0.717) is 18.2 Å². The van der Waals surface area contributed by atoms with E-state index in [4.69, 9.17) is 9.47 Å². The number of ether oxygens (including phenoxy) is 2. The third-order valence-corrected chi connectivity index (χ3v) is 10.7. The van der Waals surface area contributed by atoms with Crippen molar-refractivity contribution in [3.63, 3.8) is 0 Å². The lowest BCUT2D eigenvalue weighted by Crippen LogP contribution is -2.34. The monoisotopic (exact) mass is 668 g/mol. The predicted octanol–water partition coefficient (Wildman–Crippen LogP) is 14.0. The molecular formula is C45H81NO2. The molecule has 1 aliphatic heterocycles. The van der Waals surface area contributed by atoms with Crippen molar-refractivity contribution < 1.29 is 9.47 Å². The summed E-state index contributed by atoms with van der Waals surface area (Å²) in [6.45, 7) is 4.54. The molecule has 0 bridgehead atoms. The molecule has 2 unspecified atom stereocenters. The van der Waals surface area contributed by atoms with Gasteiger partial charge < -0.3 is 14.4 Å². The maximum absolute atomic E-state index is 6.83. The summed E-state index contributed by atoms with van der Waals surface area (Å²) in [5.41, 5.74) is 0. The van der Waals surface area contributed by atoms with Crippen LogP contribution in [-0.2, 0) is 9.47 Å². The fourth-order valence-corrected chi connectivity index (χ4v) is 7.49. The third kappa shape index (κ3) is 21.1. The van der Waals surface area contributed by atoms with Gasteiger partial charge in [0.15, 0.2) is 5.79 Å². The molecule has 3 heteroatoms. The maximum atomic E-state index is 6.83. The van der Waals surface area contributed by atoms with Gasteiger partial charge in [0.05, 0.1) is 12.2 Å². The molecule has 4 atom stereocenters. The van der Waals surface area contributed by atoms with Gasteiger partial charge in [0, 0.05) is 18.9 Å². The van der Waals surface area contributed by atoms with Crippen molar-refractivity contribution in [3.05, 3.63) is 48.6 Å². The fraction of sp³-hybridized carbons (Fsp3) is 0.822. The van der Waals surface area contributed by atoms with Gasteiger partial charge in [-0.15, -0.1) is 0 Å². The average Bonchev–Trinajstić information content (AvgIpc) is 3.63. The Bertz CT molecular complexity index is 828. The van der Waals surface area contributed by atoms with Crippen LogP contribution < -0.4 is 0 Å². The van der Waals surface area contributed by atoms with Crippen LogP contribution in [0.4, 0.5) is 0 Å². The Morgan fingerprint density at radius 2 is 0.792 bits per heavy atom. The minimum absolute atomic E-state index is 0.304. The summed E-state index contributed by atoms with van der Waals surface area (Å²) in [4.78, 5) is 2.36. The van der Waals surface area contributed by atoms with Crippen molar-refractivity contribution in [2.45, 2.75) is 224 Å². The van der Waals surface area contributed by atoms with E-state index >= 15 is 0 Å². The van der Waals surface area contributed by atoms with Crippen LogP contribution in [-0.4, -0.2) is 43.0 Å². The first-order valence-corrected chi connectivity index (χ1v) is 21.2. The lowest BCUT2D eigenvalue weighted by atomic mass is 9.98. The van der Waals surface area contributed by atoms with E-state index in [1.807, 2.05) is 0 Å². The van der Waals surface area contributed by atoms with E-state index in [1.165, 1.54) is 148 Å². The number of rotatable bonds is 32. The zero-order valence-electron chi connectivity index (χ0n) is 32.6. The van der Waals surface area contributed by atoms with Crippen LogP contribution in [0.15, 0.2) is 48.6 Å². The number of unbranched alkanes of at least 4 members (excludes halogenated alkanes) is 19. The Hall–Kier alpha value is -1.16. The summed E-state index contributed by atoms with van der Waals surface area (Å²) in [6.07, 6.45) is 56.5. The van der Waals surface area contributed by atoms with Gasteiger partial charge in [-0.1, -0.05) is 146 Å². The van der Waals surface area contributed by atoms with Crippen LogP contribution in [0.25, 0.3) is 0 Å². The largest absolute Gasteiger partial charge is 0.344 e. The molecule has 0 aromatic carbocycles. The molecule has 2 rings (SSSR count). The summed E-state index contributed by atoms with van der Waals surface area (Å²) in [6, 6.07) is 0.604. The average molecular weight is 668 g/mol. The molecule has 2 fully saturated rings. The molecule has 278 valence electrons. The topological polar surface area (TPSA) is 21.7 Å². The summed E-state index contributed by atoms with van der Waals surface area (Å²) in [5, 5.41) is 0. The molecule has 1 heterocycles. The molecular weight excluding hydrogens is 587 g/mol. The highest BCUT2D eigenvalue weighted by atomic mass is 16.8.